The molecule has 8 heteroatoms. The monoisotopic (exact) mass is 425 g/mol. The molecule has 1 fully saturated rings. The molecule has 0 aliphatic carbocycles. The van der Waals surface area contributed by atoms with E-state index in [1.807, 2.05) is 42.2 Å². The third-order valence-corrected chi connectivity index (χ3v) is 5.47. The molecule has 2 aliphatic rings. The van der Waals surface area contributed by atoms with Gasteiger partial charge in [-0.1, -0.05) is 17.3 Å². The van der Waals surface area contributed by atoms with Gasteiger partial charge in [0.15, 0.2) is 18.1 Å². The van der Waals surface area contributed by atoms with Crippen molar-refractivity contribution in [2.24, 2.45) is 5.16 Å². The molecule has 2 aliphatic heterocycles. The zero-order valence-corrected chi connectivity index (χ0v) is 17.9. The number of amides is 1. The minimum absolute atomic E-state index is 0.0497. The van der Waals surface area contributed by atoms with Crippen LogP contribution < -0.4 is 14.2 Å². The van der Waals surface area contributed by atoms with Gasteiger partial charge in [-0.2, -0.15) is 0 Å². The normalized spacial score (nSPS) is 16.3. The van der Waals surface area contributed by atoms with Gasteiger partial charge in [0.25, 0.3) is 5.91 Å². The van der Waals surface area contributed by atoms with Crippen molar-refractivity contribution in [3.8, 4) is 17.2 Å². The summed E-state index contributed by atoms with van der Waals surface area (Å²) in [6.45, 7) is 5.89. The van der Waals surface area contributed by atoms with Crippen LogP contribution >= 0.6 is 0 Å². The van der Waals surface area contributed by atoms with E-state index in [4.69, 9.17) is 19.0 Å². The molecule has 2 heterocycles. The highest BCUT2D eigenvalue weighted by Gasteiger charge is 2.21. The Morgan fingerprint density at radius 2 is 1.77 bits per heavy atom. The molecule has 8 nitrogen and oxygen atoms in total. The maximum Gasteiger partial charge on any atom is 0.263 e. The van der Waals surface area contributed by atoms with Gasteiger partial charge in [0.2, 0.25) is 6.79 Å². The van der Waals surface area contributed by atoms with Gasteiger partial charge in [-0.25, -0.2) is 0 Å². The molecule has 0 unspecified atom stereocenters. The lowest BCUT2D eigenvalue weighted by Crippen LogP contribution is -2.49. The van der Waals surface area contributed by atoms with Crippen LogP contribution in [0.25, 0.3) is 0 Å². The zero-order chi connectivity index (χ0) is 21.6. The molecule has 0 N–H and O–H groups in total. The summed E-state index contributed by atoms with van der Waals surface area (Å²) in [5.74, 6) is 2.22. The van der Waals surface area contributed by atoms with Crippen LogP contribution in [0.4, 0.5) is 0 Å². The highest BCUT2D eigenvalue weighted by molar-refractivity contribution is 5.99. The Morgan fingerprint density at radius 3 is 2.52 bits per heavy atom. The predicted molar refractivity (Wildman–Crippen MR) is 116 cm³/mol. The van der Waals surface area contributed by atoms with Crippen molar-refractivity contribution in [3.05, 3.63) is 53.6 Å². The first kappa shape index (κ1) is 21.0. The van der Waals surface area contributed by atoms with Crippen molar-refractivity contribution in [2.45, 2.75) is 13.5 Å². The second kappa shape index (κ2) is 9.70. The first-order valence-electron chi connectivity index (χ1n) is 10.3. The van der Waals surface area contributed by atoms with Crippen molar-refractivity contribution in [2.75, 3.05) is 46.7 Å². The van der Waals surface area contributed by atoms with Gasteiger partial charge in [-0.3, -0.25) is 9.69 Å². The second-order valence-electron chi connectivity index (χ2n) is 7.52. The summed E-state index contributed by atoms with van der Waals surface area (Å²) in [6.07, 6.45) is 0. The summed E-state index contributed by atoms with van der Waals surface area (Å²) >= 11 is 0. The lowest BCUT2D eigenvalue weighted by Gasteiger charge is -2.34. The average Bonchev–Trinajstić information content (AvgIpc) is 3.28. The summed E-state index contributed by atoms with van der Waals surface area (Å²) in [5.41, 5.74) is 2.77. The quantitative estimate of drug-likeness (QED) is 0.501. The number of methoxy groups -OCH3 is 1. The van der Waals surface area contributed by atoms with E-state index in [0.29, 0.717) is 24.6 Å². The molecule has 2 aromatic rings. The molecule has 4 rings (SSSR count). The maximum atomic E-state index is 12.5. The first-order chi connectivity index (χ1) is 15.1. The molecule has 1 saturated heterocycles. The number of carbonyl (C=O) groups is 1. The summed E-state index contributed by atoms with van der Waals surface area (Å²) in [6, 6.07) is 13.7. The van der Waals surface area contributed by atoms with Gasteiger partial charge in [-0.05, 0) is 42.8 Å². The predicted octanol–water partition coefficient (Wildman–Crippen LogP) is 2.51. The number of hydrogen-bond donors (Lipinski definition) is 0. The Labute approximate surface area is 181 Å². The smallest absolute Gasteiger partial charge is 0.263 e. The van der Waals surface area contributed by atoms with Crippen molar-refractivity contribution >= 4 is 11.6 Å². The Hall–Kier alpha value is -3.26. The van der Waals surface area contributed by atoms with Crippen molar-refractivity contribution in [1.29, 1.82) is 0 Å². The Kier molecular flexibility index (Phi) is 6.57. The molecule has 0 radical (unpaired) electrons. The molecule has 0 aromatic heterocycles. The number of rotatable bonds is 7. The number of piperazine rings is 1. The molecule has 2 aromatic carbocycles. The van der Waals surface area contributed by atoms with E-state index in [2.05, 4.69) is 22.2 Å². The molecular weight excluding hydrogens is 398 g/mol. The van der Waals surface area contributed by atoms with E-state index >= 15 is 0 Å². The third-order valence-electron chi connectivity index (χ3n) is 5.47. The molecule has 0 spiro atoms. The van der Waals surface area contributed by atoms with Crippen LogP contribution in [-0.4, -0.2) is 68.1 Å². The van der Waals surface area contributed by atoms with Crippen LogP contribution in [0.15, 0.2) is 47.6 Å². The molecule has 0 saturated carbocycles. The number of fused-ring (bicyclic) bond motifs is 1. The molecule has 31 heavy (non-hydrogen) atoms. The van der Waals surface area contributed by atoms with Crippen LogP contribution in [-0.2, 0) is 16.2 Å². The fourth-order valence-corrected chi connectivity index (χ4v) is 3.59. The van der Waals surface area contributed by atoms with Crippen LogP contribution in [0.5, 0.6) is 17.2 Å². The van der Waals surface area contributed by atoms with E-state index in [-0.39, 0.29) is 19.3 Å². The van der Waals surface area contributed by atoms with Gasteiger partial charge in [0.1, 0.15) is 5.75 Å². The number of hydrogen-bond acceptors (Lipinski definition) is 7. The highest BCUT2D eigenvalue weighted by atomic mass is 16.7. The lowest BCUT2D eigenvalue weighted by atomic mass is 10.1. The Balaban J connectivity index is 1.21. The van der Waals surface area contributed by atoms with Crippen molar-refractivity contribution < 1.29 is 23.8 Å². The van der Waals surface area contributed by atoms with E-state index in [0.717, 1.165) is 36.7 Å². The SMILES string of the molecule is COc1ccc(CN2CCN(C(=O)CO/N=C(/C)c3ccc4c(c3)OCO4)CC2)cc1. The topological polar surface area (TPSA) is 72.8 Å². The number of carbonyl (C=O) groups excluding carboxylic acids is 1. The Bertz CT molecular complexity index is 937. The maximum absolute atomic E-state index is 12.5. The van der Waals surface area contributed by atoms with Gasteiger partial charge < -0.3 is 23.9 Å². The van der Waals surface area contributed by atoms with E-state index in [1.165, 1.54) is 5.56 Å². The molecular formula is C23H27N3O5. The summed E-state index contributed by atoms with van der Waals surface area (Å²) < 4.78 is 15.9. The number of nitrogens with zero attached hydrogens (tertiary/aromatic N) is 3. The number of oxime groups is 1. The van der Waals surface area contributed by atoms with Gasteiger partial charge >= 0.3 is 0 Å². The summed E-state index contributed by atoms with van der Waals surface area (Å²) in [7, 11) is 1.67. The first-order valence-corrected chi connectivity index (χ1v) is 10.3. The van der Waals surface area contributed by atoms with Crippen molar-refractivity contribution in [1.82, 2.24) is 9.80 Å². The van der Waals surface area contributed by atoms with Gasteiger partial charge in [-0.15, -0.1) is 0 Å². The Morgan fingerprint density at radius 1 is 1.03 bits per heavy atom. The van der Waals surface area contributed by atoms with E-state index < -0.39 is 0 Å². The third kappa shape index (κ3) is 5.27. The van der Waals surface area contributed by atoms with E-state index in [1.54, 1.807) is 7.11 Å². The second-order valence-corrected chi connectivity index (χ2v) is 7.52. The average molecular weight is 425 g/mol. The van der Waals surface area contributed by atoms with Crippen LogP contribution in [0, 0.1) is 0 Å². The number of benzene rings is 2. The van der Waals surface area contributed by atoms with Crippen LogP contribution in [0.2, 0.25) is 0 Å². The largest absolute Gasteiger partial charge is 0.497 e. The molecule has 0 bridgehead atoms. The zero-order valence-electron chi connectivity index (χ0n) is 17.9. The standard InChI is InChI=1S/C23H27N3O5/c1-17(19-5-8-21-22(13-19)30-16-29-21)24-31-15-23(27)26-11-9-25(10-12-26)14-18-3-6-20(28-2)7-4-18/h3-8,13H,9-12,14-16H2,1-2H3/b24-17-. The van der Waals surface area contributed by atoms with Crippen molar-refractivity contribution in [3.63, 3.8) is 0 Å². The number of ether oxygens (including phenoxy) is 3. The fourth-order valence-electron chi connectivity index (χ4n) is 3.59. The van der Waals surface area contributed by atoms with Gasteiger partial charge in [0, 0.05) is 38.3 Å². The molecule has 0 atom stereocenters. The fraction of sp³-hybridized carbons (Fsp3) is 0.391. The van der Waals surface area contributed by atoms with Gasteiger partial charge in [0.05, 0.1) is 12.8 Å². The molecule has 164 valence electrons. The van der Waals surface area contributed by atoms with Crippen LogP contribution in [0.1, 0.15) is 18.1 Å². The summed E-state index contributed by atoms with van der Waals surface area (Å²) in [4.78, 5) is 22.0. The van der Waals surface area contributed by atoms with Crippen LogP contribution in [0.3, 0.4) is 0 Å². The molecule has 1 amide bonds. The summed E-state index contributed by atoms with van der Waals surface area (Å²) in [5, 5.41) is 4.09. The highest BCUT2D eigenvalue weighted by Crippen LogP contribution is 2.32. The van der Waals surface area contributed by atoms with E-state index in [9.17, 15) is 4.79 Å². The minimum Gasteiger partial charge on any atom is -0.497 e. The minimum atomic E-state index is -0.0691. The lowest BCUT2D eigenvalue weighted by molar-refractivity contribution is -0.137.